The molecule has 2 heterocycles. The maximum absolute atomic E-state index is 12.8. The second-order valence-electron chi connectivity index (χ2n) is 9.79. The number of hydrogen-bond donors (Lipinski definition) is 2. The molecule has 186 valence electrons. The van der Waals surface area contributed by atoms with Gasteiger partial charge in [-0.15, -0.1) is 0 Å². The Balaban J connectivity index is 1.68. The van der Waals surface area contributed by atoms with Gasteiger partial charge in [0, 0.05) is 44.2 Å². The Morgan fingerprint density at radius 1 is 1.17 bits per heavy atom. The highest BCUT2D eigenvalue weighted by molar-refractivity contribution is 5.89. The number of piperazine rings is 1. The molecule has 2 aromatic carbocycles. The maximum atomic E-state index is 12.8. The molecule has 0 aliphatic carbocycles. The van der Waals surface area contributed by atoms with E-state index in [0.29, 0.717) is 26.1 Å². The first kappa shape index (κ1) is 24.9. The number of carbonyl (C=O) groups is 3. The Hall–Kier alpha value is -3.23. The molecular weight excluding hydrogens is 444 g/mol. The van der Waals surface area contributed by atoms with Crippen LogP contribution in [0.1, 0.15) is 44.4 Å². The number of quaternary nitrogens is 1. The monoisotopic (exact) mass is 479 g/mol. The average molecular weight is 480 g/mol. The van der Waals surface area contributed by atoms with Crippen LogP contribution in [0.2, 0.25) is 0 Å². The van der Waals surface area contributed by atoms with E-state index in [1.807, 2.05) is 33.0 Å². The molecule has 0 bridgehead atoms. The van der Waals surface area contributed by atoms with Crippen molar-refractivity contribution in [2.45, 2.75) is 45.8 Å². The maximum Gasteiger partial charge on any atom is 0.407 e. The Bertz CT molecular complexity index is 1130. The van der Waals surface area contributed by atoms with Gasteiger partial charge in [0.15, 0.2) is 0 Å². The smallest absolute Gasteiger partial charge is 0.407 e. The number of hydrogen-bond acceptors (Lipinski definition) is 4. The van der Waals surface area contributed by atoms with Crippen molar-refractivity contribution in [1.82, 2.24) is 19.6 Å². The predicted molar refractivity (Wildman–Crippen MR) is 136 cm³/mol. The Labute approximate surface area is 206 Å². The summed E-state index contributed by atoms with van der Waals surface area (Å²) in [5.74, 6) is 0.100. The Kier molecular flexibility index (Phi) is 6.96. The summed E-state index contributed by atoms with van der Waals surface area (Å²) in [6, 6.07) is 14.0. The van der Waals surface area contributed by atoms with Crippen LogP contribution in [0.3, 0.4) is 0 Å². The Morgan fingerprint density at radius 3 is 2.46 bits per heavy atom. The van der Waals surface area contributed by atoms with E-state index < -0.39 is 6.09 Å². The highest BCUT2D eigenvalue weighted by Gasteiger charge is 2.47. The summed E-state index contributed by atoms with van der Waals surface area (Å²) in [6.07, 6.45) is -0.370. The van der Waals surface area contributed by atoms with Gasteiger partial charge in [-0.2, -0.15) is 0 Å². The topological polar surface area (TPSA) is 90.0 Å². The zero-order valence-corrected chi connectivity index (χ0v) is 21.0. The fourth-order valence-corrected chi connectivity index (χ4v) is 5.47. The largest absolute Gasteiger partial charge is 0.465 e. The zero-order chi connectivity index (χ0) is 25.3. The number of rotatable bonds is 5. The predicted octanol–water partition coefficient (Wildman–Crippen LogP) is 3.60. The molecule has 2 aliphatic rings. The van der Waals surface area contributed by atoms with Gasteiger partial charge in [0.1, 0.15) is 5.69 Å². The highest BCUT2D eigenvalue weighted by Crippen LogP contribution is 2.45. The lowest BCUT2D eigenvalue weighted by Gasteiger charge is -2.45. The molecule has 0 aromatic heterocycles. The number of nitrogens with one attached hydrogen (secondary N) is 1. The molecular formula is C27H35N4O4+. The van der Waals surface area contributed by atoms with Gasteiger partial charge in [-0.05, 0) is 42.7 Å². The lowest BCUT2D eigenvalue weighted by molar-refractivity contribution is -0.129. The fourth-order valence-electron chi connectivity index (χ4n) is 5.47. The van der Waals surface area contributed by atoms with Crippen LogP contribution in [-0.4, -0.2) is 72.1 Å². The van der Waals surface area contributed by atoms with Crippen molar-refractivity contribution in [1.29, 1.82) is 0 Å². The number of benzene rings is 2. The van der Waals surface area contributed by atoms with E-state index in [-0.39, 0.29) is 28.4 Å². The highest BCUT2D eigenvalue weighted by atomic mass is 16.4. The van der Waals surface area contributed by atoms with Crippen molar-refractivity contribution in [2.75, 3.05) is 33.2 Å². The first-order valence-corrected chi connectivity index (χ1v) is 12.2. The van der Waals surface area contributed by atoms with Crippen molar-refractivity contribution in [3.8, 4) is 11.1 Å². The molecule has 1 saturated heterocycles. The van der Waals surface area contributed by atoms with Crippen molar-refractivity contribution in [3.63, 3.8) is 0 Å². The molecule has 35 heavy (non-hydrogen) atoms. The van der Waals surface area contributed by atoms with Gasteiger partial charge >= 0.3 is 12.0 Å². The molecule has 2 aliphatic heterocycles. The second-order valence-corrected chi connectivity index (χ2v) is 9.79. The van der Waals surface area contributed by atoms with Crippen LogP contribution in [0.15, 0.2) is 42.5 Å². The third-order valence-electron chi connectivity index (χ3n) is 7.76. The number of amides is 3. The first-order valence-electron chi connectivity index (χ1n) is 12.2. The van der Waals surface area contributed by atoms with Crippen molar-refractivity contribution in [2.24, 2.45) is 0 Å². The van der Waals surface area contributed by atoms with Gasteiger partial charge in [0.25, 0.3) is 0 Å². The van der Waals surface area contributed by atoms with Crippen LogP contribution in [0.25, 0.3) is 11.1 Å². The first-order chi connectivity index (χ1) is 16.6. The summed E-state index contributed by atoms with van der Waals surface area (Å²) in [6.45, 7) is 8.49. The van der Waals surface area contributed by atoms with E-state index in [0.717, 1.165) is 41.0 Å². The summed E-state index contributed by atoms with van der Waals surface area (Å²) in [5.41, 5.74) is 4.91. The minimum atomic E-state index is -0.948. The van der Waals surface area contributed by atoms with Crippen molar-refractivity contribution >= 4 is 23.6 Å². The third-order valence-corrected chi connectivity index (χ3v) is 7.76. The van der Waals surface area contributed by atoms with Crippen LogP contribution < -0.4 is 9.80 Å². The number of carboxylic acid groups (broad SMARTS) is 1. The molecule has 3 atom stereocenters. The molecule has 0 spiro atoms. The molecule has 8 nitrogen and oxygen atoms in total. The standard InChI is InChI=1S/C27H34N4O4/c1-5-30(27(34)35)24-14-18(2)31(4,19(3)32)25-11-10-22(15-23(24)25)21-8-6-20(7-9-21)16-29-13-12-28-26(33)17-29/h6-11,15,18,24H,5,12-14,16-17H2,1-4H3,(H-,28,33,34,35)/p+1/t18-,24?,31+/m0/s1. The summed E-state index contributed by atoms with van der Waals surface area (Å²) >= 11 is 0. The van der Waals surface area contributed by atoms with Gasteiger partial charge in [-0.1, -0.05) is 24.3 Å². The van der Waals surface area contributed by atoms with Gasteiger partial charge in [0.2, 0.25) is 5.91 Å². The number of fused-ring (bicyclic) bond motifs is 1. The van der Waals surface area contributed by atoms with E-state index >= 15 is 0 Å². The van der Waals surface area contributed by atoms with Gasteiger partial charge in [-0.3, -0.25) is 9.69 Å². The Morgan fingerprint density at radius 2 is 1.86 bits per heavy atom. The molecule has 8 heteroatoms. The van der Waals surface area contributed by atoms with Crippen LogP contribution in [-0.2, 0) is 16.1 Å². The van der Waals surface area contributed by atoms with E-state index in [1.165, 1.54) is 4.90 Å². The minimum Gasteiger partial charge on any atom is -0.465 e. The quantitative estimate of drug-likeness (QED) is 0.640. The normalized spacial score (nSPS) is 24.4. The minimum absolute atomic E-state index is 0.0408. The SMILES string of the molecule is CCN(C(=O)O)C1C[C@H](C)[N@+](C)(C(C)=O)c2ccc(-c3ccc(CN4CCNC(=O)C4)cc3)cc21. The van der Waals surface area contributed by atoms with Crippen molar-refractivity contribution < 1.29 is 19.5 Å². The van der Waals surface area contributed by atoms with Gasteiger partial charge in [0.05, 0.1) is 32.6 Å². The summed E-state index contributed by atoms with van der Waals surface area (Å²) in [4.78, 5) is 40.1. The van der Waals surface area contributed by atoms with E-state index in [9.17, 15) is 19.5 Å². The summed E-state index contributed by atoms with van der Waals surface area (Å²) < 4.78 is 0.158. The van der Waals surface area contributed by atoms with Crippen LogP contribution >= 0.6 is 0 Å². The number of nitrogens with zero attached hydrogens (tertiary/aromatic N) is 3. The fraction of sp³-hybridized carbons (Fsp3) is 0.444. The zero-order valence-electron chi connectivity index (χ0n) is 21.0. The van der Waals surface area contributed by atoms with Gasteiger partial charge < -0.3 is 15.3 Å². The third kappa shape index (κ3) is 4.68. The molecule has 1 unspecified atom stereocenters. The second kappa shape index (κ2) is 9.79. The molecule has 4 rings (SSSR count). The van der Waals surface area contributed by atoms with Crippen LogP contribution in [0.4, 0.5) is 10.5 Å². The lowest BCUT2D eigenvalue weighted by Crippen LogP contribution is -2.60. The van der Waals surface area contributed by atoms with E-state index in [1.54, 1.807) is 6.92 Å². The summed E-state index contributed by atoms with van der Waals surface area (Å²) in [5, 5.41) is 12.7. The van der Waals surface area contributed by atoms with Crippen molar-refractivity contribution in [3.05, 3.63) is 53.6 Å². The van der Waals surface area contributed by atoms with E-state index in [4.69, 9.17) is 0 Å². The summed E-state index contributed by atoms with van der Waals surface area (Å²) in [7, 11) is 1.93. The lowest BCUT2D eigenvalue weighted by atomic mass is 9.86. The van der Waals surface area contributed by atoms with Crippen LogP contribution in [0.5, 0.6) is 0 Å². The molecule has 0 saturated carbocycles. The van der Waals surface area contributed by atoms with E-state index in [2.05, 4.69) is 40.5 Å². The molecule has 1 fully saturated rings. The number of carbonyl (C=O) groups excluding carboxylic acids is 2. The average Bonchev–Trinajstić information content (AvgIpc) is 2.82. The van der Waals surface area contributed by atoms with Crippen LogP contribution in [0, 0.1) is 0 Å². The molecule has 2 aromatic rings. The molecule has 3 amide bonds. The van der Waals surface area contributed by atoms with Gasteiger partial charge in [-0.25, -0.2) is 14.1 Å². The molecule has 2 N–H and O–H groups in total. The molecule has 0 radical (unpaired) electrons.